The van der Waals surface area contributed by atoms with E-state index in [0.29, 0.717) is 0 Å². The van der Waals surface area contributed by atoms with Crippen molar-refractivity contribution in [3.8, 4) is 0 Å². The zero-order valence-electron chi connectivity index (χ0n) is 22.1. The van der Waals surface area contributed by atoms with Crippen molar-refractivity contribution < 1.29 is 18.0 Å². The molecular formula is C28H42F3N3O. The Bertz CT molecular complexity index is 891. The number of anilines is 1. The molecule has 1 aliphatic heterocycles. The third-order valence-corrected chi connectivity index (χ3v) is 5.54. The van der Waals surface area contributed by atoms with E-state index in [1.165, 1.54) is 6.07 Å². The molecule has 0 bridgehead atoms. The van der Waals surface area contributed by atoms with Crippen molar-refractivity contribution in [2.75, 3.05) is 38.0 Å². The first-order valence-corrected chi connectivity index (χ1v) is 12.7. The summed E-state index contributed by atoms with van der Waals surface area (Å²) < 4.78 is 41.2. The quantitative estimate of drug-likeness (QED) is 0.462. The first-order valence-electron chi connectivity index (χ1n) is 12.7. The van der Waals surface area contributed by atoms with Crippen LogP contribution in [0.25, 0.3) is 0 Å². The molecule has 4 nitrogen and oxygen atoms in total. The van der Waals surface area contributed by atoms with Crippen LogP contribution >= 0.6 is 0 Å². The van der Waals surface area contributed by atoms with Gasteiger partial charge in [-0.05, 0) is 43.1 Å². The molecule has 0 aromatic heterocycles. The molecule has 1 fully saturated rings. The van der Waals surface area contributed by atoms with E-state index in [9.17, 15) is 18.0 Å². The monoisotopic (exact) mass is 493 g/mol. The van der Waals surface area contributed by atoms with Gasteiger partial charge >= 0.3 is 6.18 Å². The summed E-state index contributed by atoms with van der Waals surface area (Å²) in [6.45, 7) is 16.6. The summed E-state index contributed by atoms with van der Waals surface area (Å²) in [6, 6.07) is 11.6. The molecular weight excluding hydrogens is 451 g/mol. The SMILES string of the molecule is CC.CC.CCCN1CCN(Cc2ccc(NC(=O)Cc3cccc(C)c3)cc2C(F)(F)F)CC1. The van der Waals surface area contributed by atoms with Crippen molar-refractivity contribution in [3.05, 3.63) is 64.7 Å². The minimum absolute atomic E-state index is 0.118. The number of hydrogen-bond acceptors (Lipinski definition) is 3. The lowest BCUT2D eigenvalue weighted by atomic mass is 10.0. The summed E-state index contributed by atoms with van der Waals surface area (Å²) in [5.74, 6) is -0.335. The fourth-order valence-electron chi connectivity index (χ4n) is 4.00. The van der Waals surface area contributed by atoms with E-state index >= 15 is 0 Å². The smallest absolute Gasteiger partial charge is 0.326 e. The number of halogens is 3. The molecule has 1 heterocycles. The molecule has 0 unspecified atom stereocenters. The number of alkyl halides is 3. The second-order valence-corrected chi connectivity index (χ2v) is 8.20. The maximum absolute atomic E-state index is 13.7. The summed E-state index contributed by atoms with van der Waals surface area (Å²) >= 11 is 0. The van der Waals surface area contributed by atoms with E-state index < -0.39 is 11.7 Å². The fraction of sp³-hybridized carbons (Fsp3) is 0.536. The molecule has 0 radical (unpaired) electrons. The van der Waals surface area contributed by atoms with E-state index in [1.807, 2.05) is 58.9 Å². The molecule has 3 rings (SSSR count). The molecule has 196 valence electrons. The average molecular weight is 494 g/mol. The van der Waals surface area contributed by atoms with Crippen LogP contribution < -0.4 is 5.32 Å². The van der Waals surface area contributed by atoms with E-state index in [4.69, 9.17) is 0 Å². The molecule has 35 heavy (non-hydrogen) atoms. The van der Waals surface area contributed by atoms with E-state index in [2.05, 4.69) is 22.0 Å². The zero-order chi connectivity index (χ0) is 26.4. The molecule has 2 aromatic carbocycles. The topological polar surface area (TPSA) is 35.6 Å². The molecule has 1 amide bonds. The zero-order valence-corrected chi connectivity index (χ0v) is 22.1. The fourth-order valence-corrected chi connectivity index (χ4v) is 4.00. The van der Waals surface area contributed by atoms with Crippen molar-refractivity contribution in [1.82, 2.24) is 9.80 Å². The Hall–Kier alpha value is -2.38. The van der Waals surface area contributed by atoms with Crippen molar-refractivity contribution in [3.63, 3.8) is 0 Å². The van der Waals surface area contributed by atoms with Crippen LogP contribution in [0.3, 0.4) is 0 Å². The predicted octanol–water partition coefficient (Wildman–Crippen LogP) is 6.78. The lowest BCUT2D eigenvalue weighted by molar-refractivity contribution is -0.138. The van der Waals surface area contributed by atoms with E-state index in [0.717, 1.165) is 56.3 Å². The average Bonchev–Trinajstić information content (AvgIpc) is 2.83. The van der Waals surface area contributed by atoms with Gasteiger partial charge in [-0.2, -0.15) is 13.2 Å². The molecule has 0 spiro atoms. The van der Waals surface area contributed by atoms with Crippen LogP contribution in [0, 0.1) is 6.92 Å². The number of nitrogens with zero attached hydrogens (tertiary/aromatic N) is 2. The standard InChI is InChI=1S/C24H30F3N3O.2C2H6/c1-3-9-29-10-12-30(13-11-29)17-20-7-8-21(16-22(20)24(25,26)27)28-23(31)15-19-6-4-5-18(2)14-19;2*1-2/h4-8,14,16H,3,9-13,15,17H2,1-2H3,(H,28,31);2*1-2H3. The summed E-state index contributed by atoms with van der Waals surface area (Å²) in [7, 11) is 0. The van der Waals surface area contributed by atoms with Gasteiger partial charge in [0.1, 0.15) is 0 Å². The Morgan fingerprint density at radius 2 is 1.57 bits per heavy atom. The number of nitrogens with one attached hydrogen (secondary N) is 1. The van der Waals surface area contributed by atoms with Crippen LogP contribution in [0.5, 0.6) is 0 Å². The number of benzene rings is 2. The second kappa shape index (κ2) is 15.6. The van der Waals surface area contributed by atoms with Crippen LogP contribution in [0.2, 0.25) is 0 Å². The number of rotatable bonds is 7. The van der Waals surface area contributed by atoms with Gasteiger partial charge in [0.05, 0.1) is 12.0 Å². The minimum Gasteiger partial charge on any atom is -0.326 e. The van der Waals surface area contributed by atoms with Crippen LogP contribution in [-0.2, 0) is 23.9 Å². The predicted molar refractivity (Wildman–Crippen MR) is 140 cm³/mol. The summed E-state index contributed by atoms with van der Waals surface area (Å²) in [4.78, 5) is 16.7. The van der Waals surface area contributed by atoms with Gasteiger partial charge in [0.25, 0.3) is 0 Å². The molecule has 0 aliphatic carbocycles. The first kappa shape index (κ1) is 30.7. The lowest BCUT2D eigenvalue weighted by Crippen LogP contribution is -2.46. The third-order valence-electron chi connectivity index (χ3n) is 5.54. The number of carbonyl (C=O) groups excluding carboxylic acids is 1. The van der Waals surface area contributed by atoms with Gasteiger partial charge in [-0.15, -0.1) is 0 Å². The Labute approximate surface area is 209 Å². The Morgan fingerprint density at radius 3 is 2.14 bits per heavy atom. The molecule has 0 atom stereocenters. The largest absolute Gasteiger partial charge is 0.416 e. The number of aryl methyl sites for hydroxylation is 1. The Kier molecular flexibility index (Phi) is 13.6. The lowest BCUT2D eigenvalue weighted by Gasteiger charge is -2.35. The van der Waals surface area contributed by atoms with Gasteiger partial charge in [0, 0.05) is 38.4 Å². The van der Waals surface area contributed by atoms with Gasteiger partial charge in [0.2, 0.25) is 5.91 Å². The molecule has 1 saturated heterocycles. The molecule has 7 heteroatoms. The number of piperazine rings is 1. The van der Waals surface area contributed by atoms with E-state index in [1.54, 1.807) is 6.07 Å². The molecule has 0 saturated carbocycles. The highest BCUT2D eigenvalue weighted by molar-refractivity contribution is 5.92. The van der Waals surface area contributed by atoms with Crippen molar-refractivity contribution >= 4 is 11.6 Å². The van der Waals surface area contributed by atoms with Gasteiger partial charge in [-0.3, -0.25) is 9.69 Å². The Balaban J connectivity index is 0.00000145. The number of carbonyl (C=O) groups is 1. The van der Waals surface area contributed by atoms with Gasteiger partial charge < -0.3 is 10.2 Å². The number of amides is 1. The maximum Gasteiger partial charge on any atom is 0.416 e. The molecule has 1 aliphatic rings. The Morgan fingerprint density at radius 1 is 0.943 bits per heavy atom. The summed E-state index contributed by atoms with van der Waals surface area (Å²) in [5.41, 5.74) is 1.59. The van der Waals surface area contributed by atoms with Crippen LogP contribution in [-0.4, -0.2) is 48.4 Å². The van der Waals surface area contributed by atoms with Crippen LogP contribution in [0.4, 0.5) is 18.9 Å². The van der Waals surface area contributed by atoms with Crippen molar-refractivity contribution in [2.45, 2.75) is 67.1 Å². The van der Waals surface area contributed by atoms with Crippen LogP contribution in [0.15, 0.2) is 42.5 Å². The maximum atomic E-state index is 13.7. The van der Waals surface area contributed by atoms with Gasteiger partial charge in [-0.1, -0.05) is 70.5 Å². The first-order chi connectivity index (χ1) is 16.7. The van der Waals surface area contributed by atoms with Gasteiger partial charge in [0.15, 0.2) is 0 Å². The van der Waals surface area contributed by atoms with E-state index in [-0.39, 0.29) is 30.1 Å². The van der Waals surface area contributed by atoms with Crippen molar-refractivity contribution in [2.24, 2.45) is 0 Å². The minimum atomic E-state index is -4.48. The second-order valence-electron chi connectivity index (χ2n) is 8.20. The van der Waals surface area contributed by atoms with Crippen molar-refractivity contribution in [1.29, 1.82) is 0 Å². The van der Waals surface area contributed by atoms with Gasteiger partial charge in [-0.25, -0.2) is 0 Å². The highest BCUT2D eigenvalue weighted by Gasteiger charge is 2.34. The number of hydrogen-bond donors (Lipinski definition) is 1. The highest BCUT2D eigenvalue weighted by Crippen LogP contribution is 2.34. The third kappa shape index (κ3) is 10.4. The normalized spacial score (nSPS) is 14.3. The summed E-state index contributed by atoms with van der Waals surface area (Å²) in [6.07, 6.45) is -3.28. The molecule has 2 aromatic rings. The van der Waals surface area contributed by atoms with Crippen LogP contribution in [0.1, 0.15) is 63.3 Å². The molecule has 1 N–H and O–H groups in total. The summed E-state index contributed by atoms with van der Waals surface area (Å²) in [5, 5.41) is 2.61. The highest BCUT2D eigenvalue weighted by atomic mass is 19.4.